The number of nitrogens with one attached hydrogen (secondary N) is 2. The van der Waals surface area contributed by atoms with Crippen molar-refractivity contribution in [1.29, 1.82) is 0 Å². The number of hydrogen-bond donors (Lipinski definition) is 7. The number of methoxy groups -OCH3 is 1. The van der Waals surface area contributed by atoms with Gasteiger partial charge in [0.25, 0.3) is 0 Å². The number of aliphatic hydroxyl groups excluding tert-OH is 4. The molecule has 0 saturated heterocycles. The Balaban J connectivity index is 1.34. The molecule has 5 aliphatic rings. The summed E-state index contributed by atoms with van der Waals surface area (Å²) < 4.78 is 11.5. The number of aldehydes is 1. The third kappa shape index (κ3) is 10.2. The number of ether oxygens (including phenoxy) is 2. The molecule has 6 rings (SSSR count). The minimum absolute atomic E-state index is 0.0411. The molecule has 4 aliphatic carbocycles. The van der Waals surface area contributed by atoms with Gasteiger partial charge in [0.05, 0.1) is 31.5 Å². The molecule has 1 aliphatic heterocycles. The lowest BCUT2D eigenvalue weighted by molar-refractivity contribution is -0.207. The van der Waals surface area contributed by atoms with Crippen LogP contribution >= 0.6 is 0 Å². The van der Waals surface area contributed by atoms with Crippen LogP contribution in [0.3, 0.4) is 0 Å². The van der Waals surface area contributed by atoms with E-state index in [9.17, 15) is 30.3 Å². The minimum Gasteiger partial charge on any atom is -0.396 e. The quantitative estimate of drug-likeness (QED) is 0.0540. The lowest BCUT2D eigenvalue weighted by Crippen LogP contribution is -2.67. The summed E-state index contributed by atoms with van der Waals surface area (Å²) in [6.45, 7) is 10.7. The van der Waals surface area contributed by atoms with E-state index in [0.717, 1.165) is 73.6 Å². The van der Waals surface area contributed by atoms with E-state index in [1.165, 1.54) is 16.7 Å². The van der Waals surface area contributed by atoms with Gasteiger partial charge in [0.15, 0.2) is 0 Å². The summed E-state index contributed by atoms with van der Waals surface area (Å²) in [6.07, 6.45) is 20.1. The van der Waals surface area contributed by atoms with Gasteiger partial charge in [0.1, 0.15) is 12.4 Å². The molecule has 10 nitrogen and oxygen atoms in total. The summed E-state index contributed by atoms with van der Waals surface area (Å²) in [5.74, 6) is -0.728. The maximum Gasteiger partial charge on any atom is 0.146 e. The van der Waals surface area contributed by atoms with Crippen molar-refractivity contribution in [2.24, 2.45) is 34.5 Å². The van der Waals surface area contributed by atoms with Crippen molar-refractivity contribution in [3.8, 4) is 0 Å². The van der Waals surface area contributed by atoms with Crippen LogP contribution < -0.4 is 10.6 Å². The summed E-state index contributed by atoms with van der Waals surface area (Å²) in [5, 5.41) is 63.6. The molecule has 10 atom stereocenters. The van der Waals surface area contributed by atoms with Gasteiger partial charge in [-0.2, -0.15) is 0 Å². The average molecular weight is 857 g/mol. The molecule has 4 bridgehead atoms. The highest BCUT2D eigenvalue weighted by molar-refractivity contribution is 5.77. The van der Waals surface area contributed by atoms with E-state index in [0.29, 0.717) is 51.7 Å². The van der Waals surface area contributed by atoms with Crippen molar-refractivity contribution in [1.82, 2.24) is 10.6 Å². The van der Waals surface area contributed by atoms with Crippen LogP contribution in [-0.2, 0) is 27.1 Å². The molecule has 2 fully saturated rings. The van der Waals surface area contributed by atoms with Crippen LogP contribution in [0.2, 0.25) is 0 Å². The Morgan fingerprint density at radius 2 is 1.98 bits per heavy atom. The average Bonchev–Trinajstić information content (AvgIpc) is 3.61. The smallest absolute Gasteiger partial charge is 0.146 e. The van der Waals surface area contributed by atoms with Crippen LogP contribution in [0.5, 0.6) is 0 Å². The number of rotatable bonds is 18. The standard InChI is InChI=1S/C52H76N2O8/c1-36-14-15-41(28-38-10-7-11-39(27-38)29-49(3,54-30-36)23-26-61-5)37(2)9-6-12-43(33-62-34-44(58)32-57)45-17-21-52(48(45)59)47-40(18-25-55)16-20-50(35-51(52,60)22-24-53-4)19-8-13-42(31-56)46(47)50/h6-7,9-12,14,16,20,27,31,40-41,44-45,47-48,53-55,57-60H,2,8,13,15,17-19,21-26,28-30,32-35H2,1,3-5H3/t40-,41-,44+,45+,47-,48+,49+,50-,51+,52+/m0/s1. The minimum atomic E-state index is -1.26. The van der Waals surface area contributed by atoms with E-state index in [1.807, 2.05) is 19.2 Å². The van der Waals surface area contributed by atoms with E-state index in [-0.39, 0.29) is 43.1 Å². The maximum absolute atomic E-state index is 13.3. The second-order valence-electron chi connectivity index (χ2n) is 19.6. The normalized spacial score (nSPS) is 34.4. The second kappa shape index (κ2) is 21.3. The predicted octanol–water partition coefficient (Wildman–Crippen LogP) is 5.88. The molecule has 1 aromatic carbocycles. The lowest BCUT2D eigenvalue weighted by Gasteiger charge is -2.66. The van der Waals surface area contributed by atoms with Crippen LogP contribution in [0.4, 0.5) is 0 Å². The summed E-state index contributed by atoms with van der Waals surface area (Å²) in [4.78, 5) is 12.8. The summed E-state index contributed by atoms with van der Waals surface area (Å²) in [6, 6.07) is 8.88. The van der Waals surface area contributed by atoms with Crippen LogP contribution in [-0.4, -0.2) is 115 Å². The fraction of sp³-hybridized carbons (Fsp3) is 0.635. The fourth-order valence-corrected chi connectivity index (χ4v) is 12.2. The van der Waals surface area contributed by atoms with E-state index in [1.54, 1.807) is 7.11 Å². The van der Waals surface area contributed by atoms with Crippen molar-refractivity contribution < 1.29 is 39.8 Å². The first-order chi connectivity index (χ1) is 29.8. The van der Waals surface area contributed by atoms with Gasteiger partial charge in [-0.1, -0.05) is 78.4 Å². The Morgan fingerprint density at radius 3 is 2.73 bits per heavy atom. The largest absolute Gasteiger partial charge is 0.396 e. The Labute approximate surface area is 371 Å². The molecule has 1 spiro atoms. The Hall–Kier alpha value is -3.03. The lowest BCUT2D eigenvalue weighted by atomic mass is 9.40. The number of aliphatic hydroxyl groups is 5. The topological polar surface area (TPSA) is 161 Å². The first kappa shape index (κ1) is 48.4. The van der Waals surface area contributed by atoms with Crippen molar-refractivity contribution in [3.05, 3.63) is 106 Å². The zero-order valence-electron chi connectivity index (χ0n) is 37.9. The van der Waals surface area contributed by atoms with Crippen molar-refractivity contribution in [3.63, 3.8) is 0 Å². The van der Waals surface area contributed by atoms with E-state index < -0.39 is 41.2 Å². The van der Waals surface area contributed by atoms with Crippen molar-refractivity contribution in [2.75, 3.05) is 60.3 Å². The molecule has 0 aromatic heterocycles. The van der Waals surface area contributed by atoms with Gasteiger partial charge in [-0.05, 0) is 150 Å². The van der Waals surface area contributed by atoms with Crippen LogP contribution in [0.25, 0.3) is 0 Å². The summed E-state index contributed by atoms with van der Waals surface area (Å²) in [7, 11) is 3.63. The number of carbonyl (C=O) groups is 1. The molecule has 7 N–H and O–H groups in total. The van der Waals surface area contributed by atoms with E-state index >= 15 is 0 Å². The van der Waals surface area contributed by atoms with Gasteiger partial charge in [0, 0.05) is 49.2 Å². The van der Waals surface area contributed by atoms with Crippen LogP contribution in [0, 0.1) is 34.5 Å². The van der Waals surface area contributed by atoms with Crippen molar-refractivity contribution >= 4 is 6.29 Å². The predicted molar refractivity (Wildman–Crippen MR) is 245 cm³/mol. The van der Waals surface area contributed by atoms with Crippen molar-refractivity contribution in [2.45, 2.75) is 114 Å². The maximum atomic E-state index is 13.3. The zero-order valence-corrected chi connectivity index (χ0v) is 37.9. The zero-order chi connectivity index (χ0) is 44.5. The van der Waals surface area contributed by atoms with Gasteiger partial charge in [-0.3, -0.25) is 4.79 Å². The number of allylic oxidation sites excluding steroid dienone is 9. The highest BCUT2D eigenvalue weighted by Gasteiger charge is 2.71. The van der Waals surface area contributed by atoms with Gasteiger partial charge >= 0.3 is 0 Å². The molecule has 1 heterocycles. The molecular weight excluding hydrogens is 781 g/mol. The van der Waals surface area contributed by atoms with E-state index in [4.69, 9.17) is 9.47 Å². The SMILES string of the molecule is C=C(C=CC=C(COC[C@H](O)CO)[C@H]1CC[C@]2([C@@H]1O)[C@@H]1C3=C(C=O)CCC[C@]3(C=C[C@H]1CCO)C[C@]2(O)CCNC)[C@H]1CC=C(C)CN[C@](C)(CCOC)Cc2cccc(c2)C1. The molecule has 1 aromatic rings. The molecule has 2 saturated carbocycles. The third-order valence-corrected chi connectivity index (χ3v) is 15.4. The van der Waals surface area contributed by atoms with Crippen LogP contribution in [0.1, 0.15) is 89.2 Å². The summed E-state index contributed by atoms with van der Waals surface area (Å²) >= 11 is 0. The highest BCUT2D eigenvalue weighted by Crippen LogP contribution is 2.72. The monoisotopic (exact) mass is 857 g/mol. The summed E-state index contributed by atoms with van der Waals surface area (Å²) in [5.41, 5.74) is 4.69. The van der Waals surface area contributed by atoms with Gasteiger partial charge in [-0.15, -0.1) is 0 Å². The van der Waals surface area contributed by atoms with Crippen LogP contribution in [0.15, 0.2) is 95.2 Å². The molecule has 342 valence electrons. The van der Waals surface area contributed by atoms with Gasteiger partial charge in [-0.25, -0.2) is 0 Å². The molecular formula is C52H76N2O8. The Morgan fingerprint density at radius 1 is 1.18 bits per heavy atom. The first-order valence-corrected chi connectivity index (χ1v) is 23.3. The molecule has 0 radical (unpaired) electrons. The number of fused-ring (bicyclic) bond motifs is 3. The first-order valence-electron chi connectivity index (χ1n) is 23.3. The number of hydrogen-bond acceptors (Lipinski definition) is 10. The van der Waals surface area contributed by atoms with E-state index in [2.05, 4.69) is 79.6 Å². The second-order valence-corrected chi connectivity index (χ2v) is 19.6. The van der Waals surface area contributed by atoms with Gasteiger partial charge in [0.2, 0.25) is 0 Å². The molecule has 0 amide bonds. The number of carbonyl (C=O) groups excluding carboxylic acids is 1. The Bertz CT molecular complexity index is 1870. The van der Waals surface area contributed by atoms with Gasteiger partial charge < -0.3 is 45.6 Å². The third-order valence-electron chi connectivity index (χ3n) is 15.4. The molecule has 62 heavy (non-hydrogen) atoms. The number of benzene rings is 1. The Kier molecular flexibility index (Phi) is 16.6. The highest BCUT2D eigenvalue weighted by atomic mass is 16.5. The molecule has 10 heteroatoms. The fourth-order valence-electron chi connectivity index (χ4n) is 12.2. The molecule has 0 unspecified atom stereocenters.